The van der Waals surface area contributed by atoms with Crippen LogP contribution in [0.25, 0.3) is 0 Å². The number of carbonyl (C=O) groups is 1. The molecule has 1 unspecified atom stereocenters. The summed E-state index contributed by atoms with van der Waals surface area (Å²) in [5, 5.41) is 2.72. The molecule has 128 valence electrons. The zero-order valence-corrected chi connectivity index (χ0v) is 15.3. The van der Waals surface area contributed by atoms with Gasteiger partial charge in [0.1, 0.15) is 5.82 Å². The van der Waals surface area contributed by atoms with Gasteiger partial charge in [-0.25, -0.2) is 4.98 Å². The first-order valence-corrected chi connectivity index (χ1v) is 8.43. The van der Waals surface area contributed by atoms with Crippen LogP contribution in [0.2, 0.25) is 0 Å². The number of hydrogen-bond acceptors (Lipinski definition) is 4. The van der Waals surface area contributed by atoms with Crippen LogP contribution in [-0.4, -0.2) is 54.6 Å². The van der Waals surface area contributed by atoms with E-state index in [4.69, 9.17) is 0 Å². The number of nitrogens with zero attached hydrogens (tertiary/aromatic N) is 3. The number of hydrogen-bond donors (Lipinski definition) is 1. The number of carbonyl (C=O) groups excluding carboxylic acids is 1. The summed E-state index contributed by atoms with van der Waals surface area (Å²) >= 11 is 0. The third kappa shape index (κ3) is 4.02. The van der Waals surface area contributed by atoms with Crippen molar-refractivity contribution in [1.82, 2.24) is 15.2 Å². The molecule has 1 saturated heterocycles. The van der Waals surface area contributed by atoms with Crippen LogP contribution in [0.4, 0.5) is 5.82 Å². The highest BCUT2D eigenvalue weighted by Gasteiger charge is 2.35. The highest BCUT2D eigenvalue weighted by atomic mass is 16.1. The van der Waals surface area contributed by atoms with Gasteiger partial charge in [0.05, 0.1) is 5.56 Å². The lowest BCUT2D eigenvalue weighted by molar-refractivity contribution is 0.0963. The summed E-state index contributed by atoms with van der Waals surface area (Å²) in [5.74, 6) is 0.709. The molecule has 2 heterocycles. The zero-order valence-electron chi connectivity index (χ0n) is 15.3. The van der Waals surface area contributed by atoms with Crippen LogP contribution < -0.4 is 10.2 Å². The second-order valence-corrected chi connectivity index (χ2v) is 7.62. The van der Waals surface area contributed by atoms with Crippen molar-refractivity contribution in [3.63, 3.8) is 0 Å². The monoisotopic (exact) mass is 318 g/mol. The van der Waals surface area contributed by atoms with Gasteiger partial charge < -0.3 is 10.2 Å². The Bertz CT molecular complexity index is 556. The highest BCUT2D eigenvalue weighted by molar-refractivity contribution is 5.98. The molecule has 1 aromatic heterocycles. The van der Waals surface area contributed by atoms with E-state index >= 15 is 0 Å². The number of aromatic nitrogens is 1. The topological polar surface area (TPSA) is 48.5 Å². The Morgan fingerprint density at radius 2 is 2.09 bits per heavy atom. The van der Waals surface area contributed by atoms with Crippen LogP contribution in [0.3, 0.4) is 0 Å². The summed E-state index contributed by atoms with van der Waals surface area (Å²) in [7, 11) is 1.66. The molecule has 1 aromatic rings. The molecule has 23 heavy (non-hydrogen) atoms. The fourth-order valence-corrected chi connectivity index (χ4v) is 3.33. The van der Waals surface area contributed by atoms with E-state index in [-0.39, 0.29) is 11.3 Å². The van der Waals surface area contributed by atoms with Crippen LogP contribution in [0.15, 0.2) is 18.3 Å². The van der Waals surface area contributed by atoms with Crippen LogP contribution in [0.1, 0.15) is 45.0 Å². The number of pyridine rings is 1. The minimum Gasteiger partial charge on any atom is -0.355 e. The predicted octanol–water partition coefficient (Wildman–Crippen LogP) is 2.39. The van der Waals surface area contributed by atoms with Gasteiger partial charge in [-0.2, -0.15) is 0 Å². The zero-order chi connectivity index (χ0) is 17.2. The molecule has 5 heteroatoms. The SMILES string of the molecule is CNC(=O)c1cccnc1N1CC(C)(C)CN(C(C)C)CC1C. The summed E-state index contributed by atoms with van der Waals surface area (Å²) in [4.78, 5) is 21.6. The maximum atomic E-state index is 12.2. The molecule has 0 radical (unpaired) electrons. The minimum atomic E-state index is -0.0805. The van der Waals surface area contributed by atoms with E-state index in [0.29, 0.717) is 17.6 Å². The third-order valence-electron chi connectivity index (χ3n) is 4.52. The number of anilines is 1. The van der Waals surface area contributed by atoms with E-state index in [1.165, 1.54) is 0 Å². The van der Waals surface area contributed by atoms with Crippen molar-refractivity contribution in [2.75, 3.05) is 31.6 Å². The molecule has 1 aliphatic rings. The number of amides is 1. The second-order valence-electron chi connectivity index (χ2n) is 7.62. The van der Waals surface area contributed by atoms with Crippen molar-refractivity contribution < 1.29 is 4.79 Å². The maximum absolute atomic E-state index is 12.2. The Morgan fingerprint density at radius 1 is 1.39 bits per heavy atom. The van der Waals surface area contributed by atoms with E-state index in [1.54, 1.807) is 13.2 Å². The van der Waals surface area contributed by atoms with Crippen molar-refractivity contribution in [3.8, 4) is 0 Å². The predicted molar refractivity (Wildman–Crippen MR) is 94.9 cm³/mol. The molecular weight excluding hydrogens is 288 g/mol. The van der Waals surface area contributed by atoms with E-state index in [2.05, 4.69) is 54.7 Å². The first-order valence-electron chi connectivity index (χ1n) is 8.43. The molecule has 1 N–H and O–H groups in total. The summed E-state index contributed by atoms with van der Waals surface area (Å²) in [6.07, 6.45) is 1.77. The Kier molecular flexibility index (Phi) is 5.30. The average molecular weight is 318 g/mol. The molecule has 1 amide bonds. The molecule has 5 nitrogen and oxygen atoms in total. The Balaban J connectivity index is 2.40. The highest BCUT2D eigenvalue weighted by Crippen LogP contribution is 2.30. The number of rotatable bonds is 3. The van der Waals surface area contributed by atoms with Crippen molar-refractivity contribution in [2.24, 2.45) is 5.41 Å². The molecule has 0 aliphatic carbocycles. The largest absolute Gasteiger partial charge is 0.355 e. The fourth-order valence-electron chi connectivity index (χ4n) is 3.33. The molecular formula is C18H30N4O. The van der Waals surface area contributed by atoms with Gasteiger partial charge in [-0.15, -0.1) is 0 Å². The molecule has 0 bridgehead atoms. The Labute approximate surface area is 140 Å². The lowest BCUT2D eigenvalue weighted by Crippen LogP contribution is -2.42. The quantitative estimate of drug-likeness (QED) is 0.929. The summed E-state index contributed by atoms with van der Waals surface area (Å²) in [5.41, 5.74) is 0.780. The van der Waals surface area contributed by atoms with Crippen LogP contribution in [-0.2, 0) is 0 Å². The van der Waals surface area contributed by atoms with Gasteiger partial charge in [0.15, 0.2) is 0 Å². The van der Waals surface area contributed by atoms with Gasteiger partial charge in [-0.1, -0.05) is 13.8 Å². The van der Waals surface area contributed by atoms with Gasteiger partial charge in [-0.3, -0.25) is 9.69 Å². The molecule has 2 rings (SSSR count). The molecule has 0 spiro atoms. The molecule has 1 atom stereocenters. The summed E-state index contributed by atoms with van der Waals surface area (Å²) in [6, 6.07) is 4.49. The van der Waals surface area contributed by atoms with E-state index in [1.807, 2.05) is 12.1 Å². The van der Waals surface area contributed by atoms with Crippen molar-refractivity contribution >= 4 is 11.7 Å². The van der Waals surface area contributed by atoms with Gasteiger partial charge >= 0.3 is 0 Å². The summed E-state index contributed by atoms with van der Waals surface area (Å²) in [6.45, 7) is 14.2. The van der Waals surface area contributed by atoms with Crippen molar-refractivity contribution in [2.45, 2.75) is 46.7 Å². The van der Waals surface area contributed by atoms with Crippen molar-refractivity contribution in [1.29, 1.82) is 0 Å². The van der Waals surface area contributed by atoms with Gasteiger partial charge in [0.25, 0.3) is 5.91 Å². The van der Waals surface area contributed by atoms with Gasteiger partial charge in [0.2, 0.25) is 0 Å². The molecule has 1 fully saturated rings. The van der Waals surface area contributed by atoms with Gasteiger partial charge in [0, 0.05) is 45.0 Å². The first kappa shape index (κ1) is 17.7. The van der Waals surface area contributed by atoms with E-state index in [0.717, 1.165) is 25.5 Å². The summed E-state index contributed by atoms with van der Waals surface area (Å²) < 4.78 is 0. The van der Waals surface area contributed by atoms with E-state index < -0.39 is 0 Å². The maximum Gasteiger partial charge on any atom is 0.254 e. The Hall–Kier alpha value is -1.62. The normalized spacial score (nSPS) is 22.0. The van der Waals surface area contributed by atoms with Crippen LogP contribution >= 0.6 is 0 Å². The van der Waals surface area contributed by atoms with Crippen molar-refractivity contribution in [3.05, 3.63) is 23.9 Å². The lowest BCUT2D eigenvalue weighted by atomic mass is 9.92. The fraction of sp³-hybridized carbons (Fsp3) is 0.667. The Morgan fingerprint density at radius 3 is 2.70 bits per heavy atom. The standard InChI is InChI=1S/C18H30N4O/c1-13(2)21-10-14(3)22(12-18(4,5)11-21)16-15(17(23)19-6)8-7-9-20-16/h7-9,13-14H,10-12H2,1-6H3,(H,19,23). The number of nitrogens with one attached hydrogen (secondary N) is 1. The molecule has 0 aromatic carbocycles. The van der Waals surface area contributed by atoms with Crippen LogP contribution in [0, 0.1) is 5.41 Å². The molecule has 0 saturated carbocycles. The van der Waals surface area contributed by atoms with Gasteiger partial charge in [-0.05, 0) is 38.3 Å². The van der Waals surface area contributed by atoms with Crippen LogP contribution in [0.5, 0.6) is 0 Å². The average Bonchev–Trinajstić information content (AvgIpc) is 2.62. The lowest BCUT2D eigenvalue weighted by Gasteiger charge is -2.34. The van der Waals surface area contributed by atoms with E-state index in [9.17, 15) is 4.79 Å². The second kappa shape index (κ2) is 6.87. The smallest absolute Gasteiger partial charge is 0.254 e. The minimum absolute atomic E-state index is 0.0805. The first-order chi connectivity index (χ1) is 10.7. The molecule has 1 aliphatic heterocycles. The third-order valence-corrected chi connectivity index (χ3v) is 4.52.